The number of H-pyrrole nitrogens is 1. The summed E-state index contributed by atoms with van der Waals surface area (Å²) in [6, 6.07) is 0. The van der Waals surface area contributed by atoms with Crippen molar-refractivity contribution in [2.75, 3.05) is 0 Å². The highest BCUT2D eigenvalue weighted by atomic mass is 19.2. The molecule has 0 radical (unpaired) electrons. The zero-order valence-corrected chi connectivity index (χ0v) is 23.2. The number of aryl methyl sites for hydroxylation is 1. The van der Waals surface area contributed by atoms with E-state index in [1.54, 1.807) is 0 Å². The van der Waals surface area contributed by atoms with Crippen molar-refractivity contribution in [1.82, 2.24) is 9.97 Å². The van der Waals surface area contributed by atoms with Crippen LogP contribution in [0.1, 0.15) is 89.9 Å². The Morgan fingerprint density at radius 1 is 0.974 bits per heavy atom. The number of hydrogen-bond donors (Lipinski definition) is 3. The third-order valence-electron chi connectivity index (χ3n) is 12.4. The monoisotopic (exact) mass is 532 g/mol. The van der Waals surface area contributed by atoms with E-state index in [2.05, 4.69) is 30.7 Å². The van der Waals surface area contributed by atoms with Crippen molar-refractivity contribution < 1.29 is 23.4 Å². The number of fused-ring (bicyclic) bond motifs is 6. The van der Waals surface area contributed by atoms with Crippen LogP contribution in [0.5, 0.6) is 0 Å². The minimum absolute atomic E-state index is 0.0648. The summed E-state index contributed by atoms with van der Waals surface area (Å²) in [5.74, 6) is 0.340. The van der Waals surface area contributed by atoms with Crippen LogP contribution in [0.25, 0.3) is 11.0 Å². The van der Waals surface area contributed by atoms with Crippen LogP contribution in [0.4, 0.5) is 13.2 Å². The number of aliphatic hydroxyl groups is 2. The molecule has 210 valence electrons. The van der Waals surface area contributed by atoms with E-state index in [1.807, 2.05) is 0 Å². The molecule has 0 bridgehead atoms. The lowest BCUT2D eigenvalue weighted by Crippen LogP contribution is -2.58. The normalized spacial score (nSPS) is 41.6. The van der Waals surface area contributed by atoms with Gasteiger partial charge in [-0.25, -0.2) is 18.2 Å². The van der Waals surface area contributed by atoms with E-state index in [4.69, 9.17) is 0 Å². The lowest BCUT2D eigenvalue weighted by Gasteiger charge is -2.62. The molecule has 4 aliphatic carbocycles. The minimum Gasteiger partial charge on any atom is -0.393 e. The molecule has 38 heavy (non-hydrogen) atoms. The lowest BCUT2D eigenvalue weighted by atomic mass is 9.43. The van der Waals surface area contributed by atoms with Crippen LogP contribution in [0.2, 0.25) is 0 Å². The van der Waals surface area contributed by atoms with Gasteiger partial charge in [0, 0.05) is 12.0 Å². The molecule has 6 rings (SSSR count). The van der Waals surface area contributed by atoms with Crippen molar-refractivity contribution in [3.05, 3.63) is 28.8 Å². The van der Waals surface area contributed by atoms with Gasteiger partial charge >= 0.3 is 0 Å². The van der Waals surface area contributed by atoms with Crippen LogP contribution in [-0.2, 0) is 6.42 Å². The summed E-state index contributed by atoms with van der Waals surface area (Å²) in [4.78, 5) is 7.12. The molecular weight excluding hydrogens is 489 g/mol. The number of nitrogens with zero attached hydrogens (tertiary/aromatic N) is 1. The van der Waals surface area contributed by atoms with E-state index in [0.29, 0.717) is 47.8 Å². The van der Waals surface area contributed by atoms with E-state index in [1.165, 1.54) is 19.8 Å². The van der Waals surface area contributed by atoms with Crippen molar-refractivity contribution in [3.8, 4) is 0 Å². The summed E-state index contributed by atoms with van der Waals surface area (Å²) in [5.41, 5.74) is -0.582. The summed E-state index contributed by atoms with van der Waals surface area (Å²) < 4.78 is 43.0. The Hall–Kier alpha value is -1.60. The maximum atomic E-state index is 14.5. The Labute approximate surface area is 223 Å². The van der Waals surface area contributed by atoms with Gasteiger partial charge < -0.3 is 15.2 Å². The quantitative estimate of drug-likeness (QED) is 0.377. The van der Waals surface area contributed by atoms with Crippen LogP contribution >= 0.6 is 0 Å². The van der Waals surface area contributed by atoms with E-state index >= 15 is 0 Å². The molecule has 7 heteroatoms. The molecule has 2 aromatic rings. The van der Waals surface area contributed by atoms with Crippen LogP contribution in [0.15, 0.2) is 0 Å². The van der Waals surface area contributed by atoms with Gasteiger partial charge in [-0.1, -0.05) is 20.8 Å². The second-order valence-electron chi connectivity index (χ2n) is 13.9. The van der Waals surface area contributed by atoms with Gasteiger partial charge in [0.25, 0.3) is 0 Å². The molecule has 0 spiro atoms. The van der Waals surface area contributed by atoms with Gasteiger partial charge in [-0.3, -0.25) is 0 Å². The Morgan fingerprint density at radius 3 is 2.50 bits per heavy atom. The van der Waals surface area contributed by atoms with Gasteiger partial charge in [-0.2, -0.15) is 0 Å². The highest BCUT2D eigenvalue weighted by molar-refractivity contribution is 5.77. The van der Waals surface area contributed by atoms with Gasteiger partial charge in [0.1, 0.15) is 16.9 Å². The Kier molecular flexibility index (Phi) is 6.46. The van der Waals surface area contributed by atoms with Crippen LogP contribution in [0.3, 0.4) is 0 Å². The molecule has 4 aliphatic rings. The van der Waals surface area contributed by atoms with Gasteiger partial charge in [0.2, 0.25) is 0 Å². The first-order chi connectivity index (χ1) is 18.0. The Balaban J connectivity index is 1.19. The van der Waals surface area contributed by atoms with Gasteiger partial charge in [-0.05, 0) is 111 Å². The summed E-state index contributed by atoms with van der Waals surface area (Å²) in [6.07, 6.45) is 9.17. The third-order valence-corrected chi connectivity index (χ3v) is 12.4. The van der Waals surface area contributed by atoms with E-state index in [0.717, 1.165) is 44.9 Å². The highest BCUT2D eigenvalue weighted by Gasteiger charge is 2.63. The zero-order valence-electron chi connectivity index (χ0n) is 23.2. The molecule has 1 aromatic heterocycles. The summed E-state index contributed by atoms with van der Waals surface area (Å²) in [7, 11) is 0. The average molecular weight is 533 g/mol. The second-order valence-corrected chi connectivity index (χ2v) is 13.9. The van der Waals surface area contributed by atoms with E-state index < -0.39 is 17.5 Å². The van der Waals surface area contributed by atoms with Gasteiger partial charge in [-0.15, -0.1) is 0 Å². The first kappa shape index (κ1) is 26.6. The minimum atomic E-state index is -1.18. The first-order valence-corrected chi connectivity index (χ1v) is 14.8. The van der Waals surface area contributed by atoms with Crippen LogP contribution < -0.4 is 0 Å². The topological polar surface area (TPSA) is 69.1 Å². The van der Waals surface area contributed by atoms with Crippen LogP contribution in [-0.4, -0.2) is 32.4 Å². The molecule has 0 saturated heterocycles. The Bertz CT molecular complexity index is 1190. The molecule has 4 fully saturated rings. The number of nitrogens with one attached hydrogen (secondary N) is 1. The molecule has 0 aliphatic heterocycles. The zero-order chi connectivity index (χ0) is 27.1. The van der Waals surface area contributed by atoms with E-state index in [-0.39, 0.29) is 39.6 Å². The number of imidazole rings is 1. The molecule has 4 saturated carbocycles. The Morgan fingerprint density at radius 2 is 1.74 bits per heavy atom. The highest BCUT2D eigenvalue weighted by Crippen LogP contribution is 2.68. The number of aromatic nitrogens is 2. The predicted octanol–water partition coefficient (Wildman–Crippen LogP) is 6.85. The fraction of sp³-hybridized carbons (Fsp3) is 0.774. The lowest BCUT2D eigenvalue weighted by molar-refractivity contribution is -0.174. The number of hydrogen-bond acceptors (Lipinski definition) is 3. The predicted molar refractivity (Wildman–Crippen MR) is 141 cm³/mol. The fourth-order valence-corrected chi connectivity index (χ4v) is 10.1. The molecule has 0 amide bonds. The van der Waals surface area contributed by atoms with Crippen molar-refractivity contribution in [1.29, 1.82) is 0 Å². The molecule has 1 heterocycles. The number of aromatic amines is 1. The maximum Gasteiger partial charge on any atom is 0.187 e. The van der Waals surface area contributed by atoms with Gasteiger partial charge in [0.15, 0.2) is 17.5 Å². The smallest absolute Gasteiger partial charge is 0.187 e. The molecule has 1 unspecified atom stereocenters. The van der Waals surface area contributed by atoms with Crippen LogP contribution in [0, 0.1) is 70.7 Å². The molecule has 1 aromatic carbocycles. The molecular formula is C31H43F3N2O2. The summed E-state index contributed by atoms with van der Waals surface area (Å²) in [5, 5.41) is 22.1. The number of rotatable bonds is 4. The summed E-state index contributed by atoms with van der Waals surface area (Å²) in [6.45, 7) is 8.24. The number of benzene rings is 1. The first-order valence-electron chi connectivity index (χ1n) is 14.8. The van der Waals surface area contributed by atoms with Crippen molar-refractivity contribution in [3.63, 3.8) is 0 Å². The number of aliphatic hydroxyl groups excluding tert-OH is 2. The standard InChI is InChI=1S/C31H43F3N2O2/c1-15(5-10-24-35-28-26(33)16(2)25(32)27(34)29(28)36-24)20-8-9-21-19-7-6-17-13-18(37)11-12-30(17,3)22(19)14-23(38)31(20,21)4/h15,17-23,37-38H,5-14H2,1-4H3,(H,35,36)/t15?,17-,18-,19+,20-,21+,22+,23+,30+,31-/m1/s1. The SMILES string of the molecule is Cc1c(F)c(F)c2nc(CCC(C)[C@H]3CC[C@H]4[C@@H]5CC[C@@H]6C[C@H](O)CC[C@]6(C)[C@H]5C[C@H](O)[C@]34C)[nH]c2c1F. The average Bonchev–Trinajstić information content (AvgIpc) is 3.48. The maximum absolute atomic E-state index is 14.5. The van der Waals surface area contributed by atoms with Crippen molar-refractivity contribution >= 4 is 11.0 Å². The second kappa shape index (κ2) is 9.22. The fourth-order valence-electron chi connectivity index (χ4n) is 10.1. The van der Waals surface area contributed by atoms with Gasteiger partial charge in [0.05, 0.1) is 12.2 Å². The number of halogens is 3. The molecule has 3 N–H and O–H groups in total. The summed E-state index contributed by atoms with van der Waals surface area (Å²) >= 11 is 0. The third kappa shape index (κ3) is 3.73. The molecule has 4 nitrogen and oxygen atoms in total. The largest absolute Gasteiger partial charge is 0.393 e. The van der Waals surface area contributed by atoms with Crippen molar-refractivity contribution in [2.24, 2.45) is 46.3 Å². The molecule has 10 atom stereocenters. The van der Waals surface area contributed by atoms with Crippen molar-refractivity contribution in [2.45, 2.75) is 104 Å². The van der Waals surface area contributed by atoms with E-state index in [9.17, 15) is 23.4 Å².